The number of nitrogens with two attached hydrogens (primary N) is 1. The minimum absolute atomic E-state index is 0.142. The van der Waals surface area contributed by atoms with Crippen LogP contribution < -0.4 is 5.73 Å². The molecule has 0 bridgehead atoms. The Morgan fingerprint density at radius 2 is 2.60 bits per heavy atom. The first kappa shape index (κ1) is 6.84. The van der Waals surface area contributed by atoms with Crippen molar-refractivity contribution in [2.45, 2.75) is 12.5 Å². The average molecular weight is 135 g/mol. The number of nitriles is 1. The first-order valence-corrected chi connectivity index (χ1v) is 3.10. The van der Waals surface area contributed by atoms with Crippen molar-refractivity contribution in [3.05, 3.63) is 24.0 Å². The quantitative estimate of drug-likeness (QED) is 0.633. The van der Waals surface area contributed by atoms with Crippen LogP contribution >= 0.6 is 0 Å². The van der Waals surface area contributed by atoms with Crippen molar-refractivity contribution >= 4 is 0 Å². The molecule has 0 aliphatic heterocycles. The van der Waals surface area contributed by atoms with Gasteiger partial charge in [0.05, 0.1) is 12.5 Å². The molecule has 0 amide bonds. The van der Waals surface area contributed by atoms with Crippen LogP contribution in [-0.4, -0.2) is 4.98 Å². The molecule has 1 aromatic rings. The molecule has 0 fully saturated rings. The van der Waals surface area contributed by atoms with Crippen molar-refractivity contribution in [2.24, 2.45) is 5.73 Å². The fraction of sp³-hybridized carbons (Fsp3) is 0.286. The molecular weight excluding hydrogens is 126 g/mol. The third-order valence-electron chi connectivity index (χ3n) is 1.36. The van der Waals surface area contributed by atoms with E-state index < -0.39 is 0 Å². The van der Waals surface area contributed by atoms with Crippen LogP contribution in [-0.2, 0) is 0 Å². The Morgan fingerprint density at radius 1 is 1.80 bits per heavy atom. The van der Waals surface area contributed by atoms with E-state index in [2.05, 4.69) is 4.98 Å². The molecule has 0 aliphatic carbocycles. The number of nitrogens with one attached hydrogen (secondary N) is 1. The molecule has 1 atom stereocenters. The number of aromatic nitrogens is 1. The van der Waals surface area contributed by atoms with Gasteiger partial charge in [-0.3, -0.25) is 0 Å². The van der Waals surface area contributed by atoms with Gasteiger partial charge < -0.3 is 10.7 Å². The summed E-state index contributed by atoms with van der Waals surface area (Å²) in [5.41, 5.74) is 6.60. The zero-order valence-electron chi connectivity index (χ0n) is 5.54. The zero-order chi connectivity index (χ0) is 7.40. The molecular formula is C7H9N3. The number of aromatic amines is 1. The Balaban J connectivity index is 2.61. The van der Waals surface area contributed by atoms with Crippen LogP contribution in [0.5, 0.6) is 0 Å². The predicted octanol–water partition coefficient (Wildman–Crippen LogP) is 0.928. The lowest BCUT2D eigenvalue weighted by Crippen LogP contribution is -2.07. The third kappa shape index (κ3) is 1.36. The normalized spacial score (nSPS) is 12.4. The molecule has 0 aliphatic rings. The topological polar surface area (TPSA) is 65.6 Å². The summed E-state index contributed by atoms with van der Waals surface area (Å²) in [5, 5.41) is 8.30. The molecule has 0 spiro atoms. The van der Waals surface area contributed by atoms with E-state index in [1.165, 1.54) is 0 Å². The van der Waals surface area contributed by atoms with Crippen molar-refractivity contribution in [3.8, 4) is 6.07 Å². The molecule has 0 radical (unpaired) electrons. The number of H-pyrrole nitrogens is 1. The summed E-state index contributed by atoms with van der Waals surface area (Å²) in [7, 11) is 0. The van der Waals surface area contributed by atoms with Crippen molar-refractivity contribution < 1.29 is 0 Å². The van der Waals surface area contributed by atoms with E-state index in [-0.39, 0.29) is 6.04 Å². The van der Waals surface area contributed by atoms with Crippen LogP contribution in [0.1, 0.15) is 18.0 Å². The van der Waals surface area contributed by atoms with E-state index in [0.29, 0.717) is 6.42 Å². The molecule has 1 heterocycles. The monoisotopic (exact) mass is 135 g/mol. The fourth-order valence-electron chi connectivity index (χ4n) is 0.784. The zero-order valence-corrected chi connectivity index (χ0v) is 5.54. The van der Waals surface area contributed by atoms with Crippen LogP contribution in [0, 0.1) is 11.3 Å². The van der Waals surface area contributed by atoms with Crippen LogP contribution in [0.2, 0.25) is 0 Å². The highest BCUT2D eigenvalue weighted by atomic mass is 14.7. The predicted molar refractivity (Wildman–Crippen MR) is 38.0 cm³/mol. The molecule has 10 heavy (non-hydrogen) atoms. The minimum atomic E-state index is -0.142. The summed E-state index contributed by atoms with van der Waals surface area (Å²) in [4.78, 5) is 2.88. The summed E-state index contributed by atoms with van der Waals surface area (Å²) < 4.78 is 0. The van der Waals surface area contributed by atoms with E-state index in [9.17, 15) is 0 Å². The van der Waals surface area contributed by atoms with Gasteiger partial charge in [-0.15, -0.1) is 0 Å². The second-order valence-corrected chi connectivity index (χ2v) is 2.11. The minimum Gasteiger partial charge on any atom is -0.367 e. The van der Waals surface area contributed by atoms with Gasteiger partial charge in [-0.25, -0.2) is 0 Å². The van der Waals surface area contributed by atoms with Crippen molar-refractivity contribution in [1.29, 1.82) is 5.26 Å². The van der Waals surface area contributed by atoms with Gasteiger partial charge in [0.1, 0.15) is 0 Å². The van der Waals surface area contributed by atoms with Crippen molar-refractivity contribution in [1.82, 2.24) is 4.98 Å². The smallest absolute Gasteiger partial charge is 0.0641 e. The van der Waals surface area contributed by atoms with E-state index in [4.69, 9.17) is 11.0 Å². The van der Waals surface area contributed by atoms with E-state index >= 15 is 0 Å². The molecule has 52 valence electrons. The summed E-state index contributed by atoms with van der Waals surface area (Å²) in [6, 6.07) is 3.75. The fourth-order valence-corrected chi connectivity index (χ4v) is 0.784. The van der Waals surface area contributed by atoms with Gasteiger partial charge in [0.15, 0.2) is 0 Å². The first-order chi connectivity index (χ1) is 4.84. The maximum atomic E-state index is 8.30. The highest BCUT2D eigenvalue weighted by Crippen LogP contribution is 2.10. The number of rotatable bonds is 2. The Morgan fingerprint density at radius 3 is 3.10 bits per heavy atom. The van der Waals surface area contributed by atoms with Gasteiger partial charge in [-0.2, -0.15) is 5.26 Å². The lowest BCUT2D eigenvalue weighted by atomic mass is 10.1. The summed E-state index contributed by atoms with van der Waals surface area (Å²) in [5.74, 6) is 0. The van der Waals surface area contributed by atoms with Gasteiger partial charge in [0.25, 0.3) is 0 Å². The van der Waals surface area contributed by atoms with E-state index in [1.54, 1.807) is 6.20 Å². The van der Waals surface area contributed by atoms with Crippen molar-refractivity contribution in [3.63, 3.8) is 0 Å². The largest absolute Gasteiger partial charge is 0.367 e. The number of nitrogens with zero attached hydrogens (tertiary/aromatic N) is 1. The second kappa shape index (κ2) is 3.04. The molecule has 0 saturated carbocycles. The summed E-state index contributed by atoms with van der Waals surface area (Å²) >= 11 is 0. The van der Waals surface area contributed by atoms with Gasteiger partial charge in [0.2, 0.25) is 0 Å². The third-order valence-corrected chi connectivity index (χ3v) is 1.36. The highest BCUT2D eigenvalue weighted by Gasteiger charge is 2.03. The summed E-state index contributed by atoms with van der Waals surface area (Å²) in [6.07, 6.45) is 3.98. The van der Waals surface area contributed by atoms with Gasteiger partial charge >= 0.3 is 0 Å². The lowest BCUT2D eigenvalue weighted by molar-refractivity contribution is 0.750. The van der Waals surface area contributed by atoms with Crippen LogP contribution in [0.3, 0.4) is 0 Å². The summed E-state index contributed by atoms with van der Waals surface area (Å²) in [6.45, 7) is 0. The SMILES string of the molecule is N#CCC(N)c1cc[nH]c1. The number of hydrogen-bond donors (Lipinski definition) is 2. The number of hydrogen-bond acceptors (Lipinski definition) is 2. The molecule has 0 aromatic carbocycles. The van der Waals surface area contributed by atoms with Gasteiger partial charge in [-0.05, 0) is 11.6 Å². The Bertz CT molecular complexity index is 219. The maximum absolute atomic E-state index is 8.30. The molecule has 1 unspecified atom stereocenters. The maximum Gasteiger partial charge on any atom is 0.0641 e. The van der Waals surface area contributed by atoms with Gasteiger partial charge in [0, 0.05) is 18.4 Å². The molecule has 1 aromatic heterocycles. The Labute approximate surface area is 59.5 Å². The average Bonchev–Trinajstić information content (AvgIpc) is 2.38. The van der Waals surface area contributed by atoms with Crippen LogP contribution in [0.25, 0.3) is 0 Å². The standard InChI is InChI=1S/C7H9N3/c8-3-1-7(9)6-2-4-10-5-6/h2,4-5,7,10H,1,9H2. The van der Waals surface area contributed by atoms with E-state index in [0.717, 1.165) is 5.56 Å². The Kier molecular flexibility index (Phi) is 2.08. The lowest BCUT2D eigenvalue weighted by Gasteiger charge is -2.01. The van der Waals surface area contributed by atoms with Crippen molar-refractivity contribution in [2.75, 3.05) is 0 Å². The Hall–Kier alpha value is -1.27. The highest BCUT2D eigenvalue weighted by molar-refractivity contribution is 5.14. The molecule has 3 nitrogen and oxygen atoms in total. The first-order valence-electron chi connectivity index (χ1n) is 3.10. The molecule has 3 N–H and O–H groups in total. The molecule has 1 rings (SSSR count). The molecule has 3 heteroatoms. The molecule has 0 saturated heterocycles. The van der Waals surface area contributed by atoms with Crippen LogP contribution in [0.15, 0.2) is 18.5 Å². The second-order valence-electron chi connectivity index (χ2n) is 2.11. The van der Waals surface area contributed by atoms with E-state index in [1.807, 2.05) is 18.3 Å². The van der Waals surface area contributed by atoms with Gasteiger partial charge in [-0.1, -0.05) is 0 Å². The van der Waals surface area contributed by atoms with Crippen LogP contribution in [0.4, 0.5) is 0 Å².